The highest BCUT2D eigenvalue weighted by atomic mass is 16.5. The smallest absolute Gasteiger partial charge is 0.293 e. The van der Waals surface area contributed by atoms with Crippen molar-refractivity contribution in [3.63, 3.8) is 0 Å². The lowest BCUT2D eigenvalue weighted by atomic mass is 9.94. The molecule has 0 radical (unpaired) electrons. The maximum atomic E-state index is 10.2. The molecule has 25 heavy (non-hydrogen) atoms. The number of aliphatic hydroxyl groups is 1. The summed E-state index contributed by atoms with van der Waals surface area (Å²) in [5.74, 6) is 0. The van der Waals surface area contributed by atoms with Crippen molar-refractivity contribution in [1.82, 2.24) is 0 Å². The third-order valence-electron chi connectivity index (χ3n) is 3.49. The van der Waals surface area contributed by atoms with E-state index in [2.05, 4.69) is 37.8 Å². The van der Waals surface area contributed by atoms with E-state index in [9.17, 15) is 9.90 Å². The fourth-order valence-corrected chi connectivity index (χ4v) is 2.36. The molecule has 0 amide bonds. The van der Waals surface area contributed by atoms with Crippen LogP contribution in [0.4, 0.5) is 0 Å². The number of benzene rings is 2. The Bertz CT molecular complexity index is 668. The Kier molecular flexibility index (Phi) is 9.26. The van der Waals surface area contributed by atoms with Crippen molar-refractivity contribution in [3.8, 4) is 11.1 Å². The highest BCUT2D eigenvalue weighted by Gasteiger charge is 2.06. The summed E-state index contributed by atoms with van der Waals surface area (Å²) < 4.78 is 4.74. The molecule has 0 saturated carbocycles. The molecule has 0 spiro atoms. The van der Waals surface area contributed by atoms with Crippen LogP contribution in [0.1, 0.15) is 37.0 Å². The van der Waals surface area contributed by atoms with Gasteiger partial charge in [-0.3, -0.25) is 4.79 Å². The normalized spacial score (nSPS) is 9.76. The van der Waals surface area contributed by atoms with Crippen molar-refractivity contribution in [3.05, 3.63) is 71.3 Å². The first-order chi connectivity index (χ1) is 12.0. The lowest BCUT2D eigenvalue weighted by molar-refractivity contribution is -0.128. The lowest BCUT2D eigenvalue weighted by Crippen LogP contribution is -1.98. The van der Waals surface area contributed by atoms with Gasteiger partial charge in [0.1, 0.15) is 0 Å². The van der Waals surface area contributed by atoms with E-state index in [0.717, 1.165) is 24.0 Å². The summed E-state index contributed by atoms with van der Waals surface area (Å²) in [4.78, 5) is 10.2. The molecule has 0 aromatic heterocycles. The molecule has 2 aromatic carbocycles. The lowest BCUT2D eigenvalue weighted by Gasteiger charge is -2.12. The van der Waals surface area contributed by atoms with E-state index in [-0.39, 0.29) is 6.61 Å². The van der Waals surface area contributed by atoms with Crippen molar-refractivity contribution in [2.45, 2.75) is 40.2 Å². The van der Waals surface area contributed by atoms with Crippen LogP contribution in [-0.2, 0) is 22.6 Å². The van der Waals surface area contributed by atoms with Crippen molar-refractivity contribution in [1.29, 1.82) is 0 Å². The van der Waals surface area contributed by atoms with Crippen LogP contribution in [0, 0.1) is 6.92 Å². The Morgan fingerprint density at radius 1 is 1.16 bits per heavy atom. The van der Waals surface area contributed by atoms with Crippen LogP contribution in [0.25, 0.3) is 11.1 Å². The number of aliphatic hydroxyl groups excluding tert-OH is 1. The molecule has 2 aromatic rings. The first-order valence-electron chi connectivity index (χ1n) is 8.45. The Morgan fingerprint density at radius 3 is 2.36 bits per heavy atom. The molecule has 1 N–H and O–H groups in total. The second-order valence-electron chi connectivity index (χ2n) is 6.29. The maximum Gasteiger partial charge on any atom is 0.293 e. The molecule has 3 heteroatoms. The van der Waals surface area contributed by atoms with Gasteiger partial charge in [-0.25, -0.2) is 0 Å². The second kappa shape index (κ2) is 11.2. The molecule has 0 saturated heterocycles. The van der Waals surface area contributed by atoms with Gasteiger partial charge in [0.05, 0.1) is 13.2 Å². The summed E-state index contributed by atoms with van der Waals surface area (Å²) in [6.07, 6.45) is 1.58. The van der Waals surface area contributed by atoms with Crippen LogP contribution < -0.4 is 0 Å². The maximum absolute atomic E-state index is 10.2. The molecule has 0 fully saturated rings. The number of aryl methyl sites for hydroxylation is 2. The summed E-state index contributed by atoms with van der Waals surface area (Å²) in [7, 11) is 0. The van der Waals surface area contributed by atoms with E-state index in [0.29, 0.717) is 13.1 Å². The average molecular weight is 340 g/mol. The number of carbonyl (C=O) groups is 1. The predicted octanol–water partition coefficient (Wildman–Crippen LogP) is 4.84. The molecular formula is C22H28O3. The standard InChI is InChI=1S/C18H20O3.C4H8/c1-14-4-7-16(8-5-14)18-9-6-15(12-19)11-17(18)3-2-10-21-13-20;1-4(2)3/h4-9,11,13,19H,2-3,10,12H2,1H3;1H2,2-3H3. The van der Waals surface area contributed by atoms with Crippen LogP contribution >= 0.6 is 0 Å². The zero-order valence-corrected chi connectivity index (χ0v) is 15.4. The van der Waals surface area contributed by atoms with Crippen LogP contribution in [0.15, 0.2) is 54.6 Å². The first kappa shape index (κ1) is 20.7. The highest BCUT2D eigenvalue weighted by Crippen LogP contribution is 2.26. The molecule has 3 nitrogen and oxygen atoms in total. The third kappa shape index (κ3) is 7.81. The van der Waals surface area contributed by atoms with Gasteiger partial charge in [0.2, 0.25) is 0 Å². The molecule has 0 aliphatic rings. The number of ether oxygens (including phenoxy) is 1. The summed E-state index contributed by atoms with van der Waals surface area (Å²) in [5, 5.41) is 9.30. The molecule has 0 unspecified atom stereocenters. The Balaban J connectivity index is 0.000000705. The minimum absolute atomic E-state index is 0.0337. The Labute approximate surface area is 151 Å². The van der Waals surface area contributed by atoms with E-state index in [4.69, 9.17) is 4.74 Å². The van der Waals surface area contributed by atoms with Crippen LogP contribution in [0.5, 0.6) is 0 Å². The molecular weight excluding hydrogens is 312 g/mol. The van der Waals surface area contributed by atoms with Gasteiger partial charge in [-0.05, 0) is 55.9 Å². The van der Waals surface area contributed by atoms with Crippen LogP contribution in [0.2, 0.25) is 0 Å². The van der Waals surface area contributed by atoms with Crippen molar-refractivity contribution in [2.75, 3.05) is 6.61 Å². The van der Waals surface area contributed by atoms with Gasteiger partial charge in [-0.15, -0.1) is 6.58 Å². The van der Waals surface area contributed by atoms with Crippen molar-refractivity contribution >= 4 is 6.47 Å². The largest absolute Gasteiger partial charge is 0.468 e. The van der Waals surface area contributed by atoms with Gasteiger partial charge < -0.3 is 9.84 Å². The van der Waals surface area contributed by atoms with Crippen molar-refractivity contribution < 1.29 is 14.6 Å². The fraction of sp³-hybridized carbons (Fsp3) is 0.318. The monoisotopic (exact) mass is 340 g/mol. The van der Waals surface area contributed by atoms with E-state index < -0.39 is 0 Å². The minimum Gasteiger partial charge on any atom is -0.468 e. The van der Waals surface area contributed by atoms with Gasteiger partial charge in [0.25, 0.3) is 6.47 Å². The van der Waals surface area contributed by atoms with Gasteiger partial charge in [0.15, 0.2) is 0 Å². The quantitative estimate of drug-likeness (QED) is 0.445. The summed E-state index contributed by atoms with van der Waals surface area (Å²) in [6.45, 7) is 10.5. The van der Waals surface area contributed by atoms with E-state index in [1.807, 2.05) is 32.0 Å². The van der Waals surface area contributed by atoms with Gasteiger partial charge in [-0.2, -0.15) is 0 Å². The minimum atomic E-state index is 0.0337. The highest BCUT2D eigenvalue weighted by molar-refractivity contribution is 5.68. The SMILES string of the molecule is C=C(C)C.Cc1ccc(-c2ccc(CO)cc2CCCOC=O)cc1. The molecule has 0 bridgehead atoms. The van der Waals surface area contributed by atoms with Gasteiger partial charge >= 0.3 is 0 Å². The van der Waals surface area contributed by atoms with E-state index >= 15 is 0 Å². The summed E-state index contributed by atoms with van der Waals surface area (Å²) in [5.41, 5.74) is 6.79. The zero-order chi connectivity index (χ0) is 18.7. The van der Waals surface area contributed by atoms with E-state index in [1.54, 1.807) is 0 Å². The van der Waals surface area contributed by atoms with Gasteiger partial charge in [-0.1, -0.05) is 53.6 Å². The number of allylic oxidation sites excluding steroid dienone is 1. The summed E-state index contributed by atoms with van der Waals surface area (Å²) >= 11 is 0. The average Bonchev–Trinajstić information content (AvgIpc) is 2.59. The Morgan fingerprint density at radius 2 is 1.80 bits per heavy atom. The predicted molar refractivity (Wildman–Crippen MR) is 103 cm³/mol. The fourth-order valence-electron chi connectivity index (χ4n) is 2.36. The topological polar surface area (TPSA) is 46.5 Å². The van der Waals surface area contributed by atoms with Gasteiger partial charge in [0, 0.05) is 0 Å². The molecule has 134 valence electrons. The number of hydrogen-bond donors (Lipinski definition) is 1. The molecule has 0 aliphatic heterocycles. The first-order valence-corrected chi connectivity index (χ1v) is 8.45. The molecule has 0 heterocycles. The molecule has 0 atom stereocenters. The number of rotatable bonds is 7. The Hall–Kier alpha value is -2.39. The molecule has 0 aliphatic carbocycles. The third-order valence-corrected chi connectivity index (χ3v) is 3.49. The second-order valence-corrected chi connectivity index (χ2v) is 6.29. The molecule has 2 rings (SSSR count). The zero-order valence-electron chi connectivity index (χ0n) is 15.4. The van der Waals surface area contributed by atoms with Crippen molar-refractivity contribution in [2.24, 2.45) is 0 Å². The van der Waals surface area contributed by atoms with Crippen LogP contribution in [-0.4, -0.2) is 18.2 Å². The summed E-state index contributed by atoms with van der Waals surface area (Å²) in [6, 6.07) is 14.4. The number of hydrogen-bond acceptors (Lipinski definition) is 3. The van der Waals surface area contributed by atoms with E-state index in [1.165, 1.54) is 22.3 Å². The number of carbonyl (C=O) groups excluding carboxylic acids is 1. The van der Waals surface area contributed by atoms with Crippen LogP contribution in [0.3, 0.4) is 0 Å².